The van der Waals surface area contributed by atoms with Gasteiger partial charge in [-0.3, -0.25) is 4.79 Å². The third-order valence-corrected chi connectivity index (χ3v) is 3.38. The topological polar surface area (TPSA) is 67.3 Å². The molecule has 0 spiro atoms. The van der Waals surface area contributed by atoms with Crippen molar-refractivity contribution in [3.8, 4) is 0 Å². The van der Waals surface area contributed by atoms with Crippen molar-refractivity contribution in [2.45, 2.75) is 31.4 Å². The van der Waals surface area contributed by atoms with Crippen molar-refractivity contribution in [3.05, 3.63) is 17.8 Å². The van der Waals surface area contributed by atoms with Gasteiger partial charge in [0.2, 0.25) is 0 Å². The van der Waals surface area contributed by atoms with Crippen molar-refractivity contribution in [1.29, 1.82) is 0 Å². The highest BCUT2D eigenvalue weighted by atomic mass is 16.5. The highest BCUT2D eigenvalue weighted by Crippen LogP contribution is 2.24. The second-order valence-corrected chi connectivity index (χ2v) is 4.96. The number of nitrogens with one attached hydrogen (secondary N) is 1. The van der Waals surface area contributed by atoms with Crippen LogP contribution in [-0.4, -0.2) is 54.4 Å². The number of hydrogen-bond acceptors (Lipinski definition) is 5. The zero-order valence-electron chi connectivity index (χ0n) is 11.6. The van der Waals surface area contributed by atoms with Gasteiger partial charge in [0.25, 0.3) is 5.91 Å². The van der Waals surface area contributed by atoms with Crippen molar-refractivity contribution in [2.24, 2.45) is 0 Å². The lowest BCUT2D eigenvalue weighted by Gasteiger charge is -2.19. The van der Waals surface area contributed by atoms with E-state index in [9.17, 15) is 4.79 Å². The Hall–Kier alpha value is -1.69. The Morgan fingerprint density at radius 3 is 2.74 bits per heavy atom. The predicted molar refractivity (Wildman–Crippen MR) is 72.1 cm³/mol. The zero-order chi connectivity index (χ0) is 13.8. The molecular weight excluding hydrogens is 244 g/mol. The first kappa shape index (κ1) is 13.7. The Morgan fingerprint density at radius 1 is 1.37 bits per heavy atom. The lowest BCUT2D eigenvalue weighted by molar-refractivity contribution is 0.0820. The van der Waals surface area contributed by atoms with Crippen LogP contribution in [0.1, 0.15) is 29.8 Å². The number of carbonyl (C=O) groups excluding carboxylic acids is 1. The Kier molecular flexibility index (Phi) is 4.31. The minimum absolute atomic E-state index is 0.144. The number of anilines is 1. The lowest BCUT2D eigenvalue weighted by Crippen LogP contribution is -2.30. The molecule has 1 aliphatic carbocycles. The molecule has 0 radical (unpaired) electrons. The van der Waals surface area contributed by atoms with Crippen LogP contribution in [0.3, 0.4) is 0 Å². The van der Waals surface area contributed by atoms with Crippen LogP contribution in [0.25, 0.3) is 0 Å². The highest BCUT2D eigenvalue weighted by Gasteiger charge is 2.27. The van der Waals surface area contributed by atoms with Crippen molar-refractivity contribution in [2.75, 3.05) is 26.5 Å². The third kappa shape index (κ3) is 3.20. The minimum Gasteiger partial charge on any atom is -0.379 e. The van der Waals surface area contributed by atoms with Gasteiger partial charge in [0.1, 0.15) is 5.82 Å². The Bertz CT molecular complexity index is 433. The number of hydrogen-bond donors (Lipinski definition) is 1. The maximum atomic E-state index is 11.7. The number of methoxy groups -OCH3 is 1. The molecule has 1 aliphatic rings. The van der Waals surface area contributed by atoms with E-state index in [0.717, 1.165) is 19.3 Å². The molecule has 0 saturated heterocycles. The molecule has 0 aromatic carbocycles. The summed E-state index contributed by atoms with van der Waals surface area (Å²) in [6.45, 7) is 0. The highest BCUT2D eigenvalue weighted by molar-refractivity contribution is 5.91. The second kappa shape index (κ2) is 5.97. The molecule has 2 rings (SSSR count). The Labute approximate surface area is 113 Å². The minimum atomic E-state index is -0.144. The number of rotatable bonds is 4. The third-order valence-electron chi connectivity index (χ3n) is 3.38. The van der Waals surface area contributed by atoms with Gasteiger partial charge in [0.05, 0.1) is 12.1 Å². The van der Waals surface area contributed by atoms with E-state index >= 15 is 0 Å². The molecule has 2 atom stereocenters. The van der Waals surface area contributed by atoms with Crippen molar-refractivity contribution >= 4 is 11.7 Å². The summed E-state index contributed by atoms with van der Waals surface area (Å²) in [4.78, 5) is 13.2. The molecule has 1 saturated carbocycles. The summed E-state index contributed by atoms with van der Waals surface area (Å²) in [6.07, 6.45) is 3.52. The van der Waals surface area contributed by atoms with Gasteiger partial charge in [-0.05, 0) is 31.4 Å². The summed E-state index contributed by atoms with van der Waals surface area (Å²) in [6, 6.07) is 3.75. The molecule has 1 heterocycles. The van der Waals surface area contributed by atoms with Gasteiger partial charge in [-0.25, -0.2) is 0 Å². The fraction of sp³-hybridized carbons (Fsp3) is 0.615. The fourth-order valence-corrected chi connectivity index (χ4v) is 2.32. The number of carbonyl (C=O) groups is 1. The number of ether oxygens (including phenoxy) is 1. The standard InChI is InChI=1S/C13H20N4O2/c1-17(2)13(18)10-7-8-12(16-15-10)14-9-5-4-6-11(9)19-3/h7-9,11H,4-6H2,1-3H3,(H,14,16). The van der Waals surface area contributed by atoms with Crippen LogP contribution in [0.4, 0.5) is 5.82 Å². The summed E-state index contributed by atoms with van der Waals surface area (Å²) < 4.78 is 5.42. The summed E-state index contributed by atoms with van der Waals surface area (Å²) in [7, 11) is 5.12. The average Bonchev–Trinajstić information content (AvgIpc) is 2.86. The SMILES string of the molecule is COC1CCCC1Nc1ccc(C(=O)N(C)C)nn1. The molecule has 1 N–H and O–H groups in total. The molecular formula is C13H20N4O2. The van der Waals surface area contributed by atoms with Gasteiger partial charge in [0, 0.05) is 21.2 Å². The first-order valence-corrected chi connectivity index (χ1v) is 6.46. The number of nitrogens with zero attached hydrogens (tertiary/aromatic N) is 3. The van der Waals surface area contributed by atoms with Gasteiger partial charge < -0.3 is 15.0 Å². The molecule has 2 unspecified atom stereocenters. The second-order valence-electron chi connectivity index (χ2n) is 4.96. The maximum Gasteiger partial charge on any atom is 0.273 e. The summed E-state index contributed by atoms with van der Waals surface area (Å²) >= 11 is 0. The van der Waals surface area contributed by atoms with Crippen LogP contribution in [0.5, 0.6) is 0 Å². The van der Waals surface area contributed by atoms with Gasteiger partial charge >= 0.3 is 0 Å². The molecule has 1 amide bonds. The smallest absolute Gasteiger partial charge is 0.273 e. The quantitative estimate of drug-likeness (QED) is 0.884. The molecule has 6 heteroatoms. The van der Waals surface area contributed by atoms with E-state index in [0.29, 0.717) is 11.5 Å². The van der Waals surface area contributed by atoms with E-state index in [1.54, 1.807) is 33.3 Å². The van der Waals surface area contributed by atoms with E-state index in [1.165, 1.54) is 4.90 Å². The van der Waals surface area contributed by atoms with Gasteiger partial charge in [-0.1, -0.05) is 0 Å². The largest absolute Gasteiger partial charge is 0.379 e. The van der Waals surface area contributed by atoms with Gasteiger partial charge in [0.15, 0.2) is 5.69 Å². The first-order chi connectivity index (χ1) is 9.11. The van der Waals surface area contributed by atoms with E-state index in [-0.39, 0.29) is 18.1 Å². The lowest BCUT2D eigenvalue weighted by atomic mass is 10.2. The molecule has 19 heavy (non-hydrogen) atoms. The molecule has 0 bridgehead atoms. The molecule has 1 fully saturated rings. The molecule has 6 nitrogen and oxygen atoms in total. The Balaban J connectivity index is 2.01. The van der Waals surface area contributed by atoms with Gasteiger partial charge in [-0.15, -0.1) is 10.2 Å². The van der Waals surface area contributed by atoms with Crippen molar-refractivity contribution in [3.63, 3.8) is 0 Å². The summed E-state index contributed by atoms with van der Waals surface area (Å²) in [5, 5.41) is 11.3. The van der Waals surface area contributed by atoms with Crippen LogP contribution in [0.2, 0.25) is 0 Å². The molecule has 0 aliphatic heterocycles. The molecule has 1 aromatic rings. The van der Waals surface area contributed by atoms with E-state index in [4.69, 9.17) is 4.74 Å². The van der Waals surface area contributed by atoms with Crippen LogP contribution in [0.15, 0.2) is 12.1 Å². The summed E-state index contributed by atoms with van der Waals surface area (Å²) in [5.41, 5.74) is 0.352. The average molecular weight is 264 g/mol. The van der Waals surface area contributed by atoms with Crippen LogP contribution < -0.4 is 5.32 Å². The van der Waals surface area contributed by atoms with E-state index < -0.39 is 0 Å². The zero-order valence-corrected chi connectivity index (χ0v) is 11.6. The number of aromatic nitrogens is 2. The summed E-state index contributed by atoms with van der Waals surface area (Å²) in [5.74, 6) is 0.541. The molecule has 104 valence electrons. The van der Waals surface area contributed by atoms with Crippen molar-refractivity contribution in [1.82, 2.24) is 15.1 Å². The normalized spacial score (nSPS) is 22.3. The first-order valence-electron chi connectivity index (χ1n) is 6.46. The molecule has 1 aromatic heterocycles. The van der Waals surface area contributed by atoms with Crippen LogP contribution >= 0.6 is 0 Å². The monoisotopic (exact) mass is 264 g/mol. The fourth-order valence-electron chi connectivity index (χ4n) is 2.32. The Morgan fingerprint density at radius 2 is 2.16 bits per heavy atom. The number of amides is 1. The van der Waals surface area contributed by atoms with E-state index in [2.05, 4.69) is 15.5 Å². The van der Waals surface area contributed by atoms with Crippen LogP contribution in [0, 0.1) is 0 Å². The van der Waals surface area contributed by atoms with E-state index in [1.807, 2.05) is 0 Å². The van der Waals surface area contributed by atoms with Gasteiger partial charge in [-0.2, -0.15) is 0 Å². The maximum absolute atomic E-state index is 11.7. The van der Waals surface area contributed by atoms with Crippen LogP contribution in [-0.2, 0) is 4.74 Å². The van der Waals surface area contributed by atoms with Crippen molar-refractivity contribution < 1.29 is 9.53 Å². The predicted octanol–water partition coefficient (Wildman–Crippen LogP) is 1.16.